The van der Waals surface area contributed by atoms with E-state index in [9.17, 15) is 0 Å². The molecule has 11 aromatic rings. The summed E-state index contributed by atoms with van der Waals surface area (Å²) in [5.41, 5.74) is 12.8. The quantitative estimate of drug-likeness (QED) is 0.168. The molecule has 0 fully saturated rings. The van der Waals surface area contributed by atoms with E-state index in [0.717, 1.165) is 60.9 Å². The molecule has 0 saturated heterocycles. The van der Waals surface area contributed by atoms with Crippen LogP contribution in [0.5, 0.6) is 0 Å². The van der Waals surface area contributed by atoms with E-state index in [4.69, 9.17) is 8.83 Å². The van der Waals surface area contributed by atoms with Crippen LogP contribution in [-0.2, 0) is 0 Å². The molecule has 9 aromatic carbocycles. The van der Waals surface area contributed by atoms with E-state index in [0.29, 0.717) is 0 Å². The van der Waals surface area contributed by atoms with E-state index in [2.05, 4.69) is 188 Å². The van der Waals surface area contributed by atoms with Crippen molar-refractivity contribution in [1.82, 2.24) is 0 Å². The third kappa shape index (κ3) is 4.67. The van der Waals surface area contributed by atoms with E-state index in [1.165, 1.54) is 49.4 Å². The minimum absolute atomic E-state index is 0.761. The summed E-state index contributed by atoms with van der Waals surface area (Å²) in [6.45, 7) is 0. The van der Waals surface area contributed by atoms with Crippen LogP contribution >= 0.6 is 0 Å². The molecule has 0 unspecified atom stereocenters. The zero-order valence-corrected chi connectivity index (χ0v) is 29.3. The van der Waals surface area contributed by atoms with Crippen molar-refractivity contribution >= 4 is 54.5 Å². The first kappa shape index (κ1) is 30.5. The Labute approximate surface area is 312 Å². The van der Waals surface area contributed by atoms with Gasteiger partial charge >= 0.3 is 0 Å². The Morgan fingerprint density at radius 1 is 0.259 bits per heavy atom. The van der Waals surface area contributed by atoms with Crippen molar-refractivity contribution < 1.29 is 8.83 Å². The fourth-order valence-electron chi connectivity index (χ4n) is 8.52. The third-order valence-corrected chi connectivity index (χ3v) is 10.9. The summed E-state index contributed by atoms with van der Waals surface area (Å²) in [7, 11) is 0. The van der Waals surface area contributed by atoms with Crippen molar-refractivity contribution in [2.24, 2.45) is 0 Å². The maximum atomic E-state index is 6.88. The van der Waals surface area contributed by atoms with Crippen LogP contribution in [0.4, 0.5) is 0 Å². The van der Waals surface area contributed by atoms with Gasteiger partial charge in [-0.1, -0.05) is 176 Å². The van der Waals surface area contributed by atoms with Crippen molar-refractivity contribution in [3.05, 3.63) is 194 Å². The molecule has 0 aliphatic carbocycles. The Balaban J connectivity index is 1.17. The van der Waals surface area contributed by atoms with Crippen molar-refractivity contribution in [3.63, 3.8) is 0 Å². The van der Waals surface area contributed by atoms with Crippen LogP contribution in [0.25, 0.3) is 110 Å². The standard InChI is InChI=1S/C52H32O2/c1-4-15-33(16-5-1)34-27-29-36(30-28-34)46-38-21-10-12-23-40(38)48(41-24-13-11-22-39(41)46)42-25-14-26-45-49(42)44-32-31-43-47(35-17-6-2-7-18-35)50(37-19-8-3-9-20-37)54-52(43)51(44)53-45/h1-32H. The molecular formula is C52H32O2. The number of rotatable bonds is 5. The smallest absolute Gasteiger partial charge is 0.178 e. The molecule has 252 valence electrons. The molecule has 0 spiro atoms. The highest BCUT2D eigenvalue weighted by Crippen LogP contribution is 2.49. The third-order valence-electron chi connectivity index (χ3n) is 10.9. The first-order valence-corrected chi connectivity index (χ1v) is 18.4. The average molecular weight is 689 g/mol. The monoisotopic (exact) mass is 688 g/mol. The maximum absolute atomic E-state index is 6.88. The van der Waals surface area contributed by atoms with Crippen LogP contribution in [0, 0.1) is 0 Å². The van der Waals surface area contributed by atoms with Crippen LogP contribution in [0.1, 0.15) is 0 Å². The molecule has 2 heterocycles. The van der Waals surface area contributed by atoms with Crippen LogP contribution in [0.15, 0.2) is 203 Å². The van der Waals surface area contributed by atoms with Crippen molar-refractivity contribution in [2.45, 2.75) is 0 Å². The van der Waals surface area contributed by atoms with Gasteiger partial charge in [-0.05, 0) is 78.7 Å². The molecule has 0 aliphatic rings. The van der Waals surface area contributed by atoms with E-state index < -0.39 is 0 Å². The van der Waals surface area contributed by atoms with Crippen molar-refractivity contribution in [1.29, 1.82) is 0 Å². The lowest BCUT2D eigenvalue weighted by Crippen LogP contribution is -1.91. The summed E-state index contributed by atoms with van der Waals surface area (Å²) in [5, 5.41) is 8.01. The number of fused-ring (bicyclic) bond motifs is 7. The highest BCUT2D eigenvalue weighted by molar-refractivity contribution is 6.27. The second-order valence-electron chi connectivity index (χ2n) is 13.9. The van der Waals surface area contributed by atoms with Gasteiger partial charge in [0.2, 0.25) is 0 Å². The zero-order chi connectivity index (χ0) is 35.6. The predicted molar refractivity (Wildman–Crippen MR) is 226 cm³/mol. The topological polar surface area (TPSA) is 26.3 Å². The lowest BCUT2D eigenvalue weighted by Gasteiger charge is -2.18. The summed E-state index contributed by atoms with van der Waals surface area (Å²) >= 11 is 0. The molecule has 11 rings (SSSR count). The second-order valence-corrected chi connectivity index (χ2v) is 13.9. The molecular weight excluding hydrogens is 657 g/mol. The number of hydrogen-bond acceptors (Lipinski definition) is 2. The van der Waals surface area contributed by atoms with Crippen molar-refractivity contribution in [2.75, 3.05) is 0 Å². The predicted octanol–water partition coefficient (Wildman–Crippen LogP) is 15.0. The molecule has 2 heteroatoms. The molecule has 2 aromatic heterocycles. The number of benzene rings is 9. The van der Waals surface area contributed by atoms with Gasteiger partial charge in [-0.3, -0.25) is 0 Å². The first-order chi connectivity index (χ1) is 26.8. The largest absolute Gasteiger partial charge is 0.452 e. The van der Waals surface area contributed by atoms with Crippen LogP contribution in [0.2, 0.25) is 0 Å². The van der Waals surface area contributed by atoms with E-state index in [1.807, 2.05) is 6.07 Å². The van der Waals surface area contributed by atoms with Gasteiger partial charge in [0, 0.05) is 27.3 Å². The van der Waals surface area contributed by atoms with E-state index in [1.54, 1.807) is 0 Å². The fraction of sp³-hybridized carbons (Fsp3) is 0. The van der Waals surface area contributed by atoms with Gasteiger partial charge in [-0.15, -0.1) is 0 Å². The van der Waals surface area contributed by atoms with Gasteiger partial charge in [-0.25, -0.2) is 0 Å². The van der Waals surface area contributed by atoms with Crippen LogP contribution in [-0.4, -0.2) is 0 Å². The second kappa shape index (κ2) is 12.2. The lowest BCUT2D eigenvalue weighted by molar-refractivity contribution is 0.612. The summed E-state index contributed by atoms with van der Waals surface area (Å²) in [4.78, 5) is 0. The lowest BCUT2D eigenvalue weighted by atomic mass is 9.84. The Morgan fingerprint density at radius 3 is 1.35 bits per heavy atom. The Hall–Kier alpha value is -7.16. The van der Waals surface area contributed by atoms with Gasteiger partial charge in [0.25, 0.3) is 0 Å². The minimum atomic E-state index is 0.761. The molecule has 54 heavy (non-hydrogen) atoms. The summed E-state index contributed by atoms with van der Waals surface area (Å²) in [6.07, 6.45) is 0. The Kier molecular flexibility index (Phi) is 6.90. The Morgan fingerprint density at radius 2 is 0.722 bits per heavy atom. The Bertz CT molecular complexity index is 3110. The van der Waals surface area contributed by atoms with Gasteiger partial charge in [-0.2, -0.15) is 0 Å². The zero-order valence-electron chi connectivity index (χ0n) is 29.3. The molecule has 0 amide bonds. The van der Waals surface area contributed by atoms with Crippen LogP contribution < -0.4 is 0 Å². The number of hydrogen-bond donors (Lipinski definition) is 0. The first-order valence-electron chi connectivity index (χ1n) is 18.4. The summed E-state index contributed by atoms with van der Waals surface area (Å²) < 4.78 is 13.7. The fourth-order valence-corrected chi connectivity index (χ4v) is 8.52. The van der Waals surface area contributed by atoms with Crippen LogP contribution in [0.3, 0.4) is 0 Å². The minimum Gasteiger partial charge on any atom is -0.452 e. The van der Waals surface area contributed by atoms with Gasteiger partial charge < -0.3 is 8.83 Å². The highest BCUT2D eigenvalue weighted by atomic mass is 16.4. The summed E-state index contributed by atoms with van der Waals surface area (Å²) in [6, 6.07) is 69.0. The SMILES string of the molecule is c1ccc(-c2ccc(-c3c4ccccc4c(-c4cccc5oc6c(ccc7c(-c8ccccc8)c(-c8ccccc8)oc76)c45)c4ccccc34)cc2)cc1. The average Bonchev–Trinajstić information content (AvgIpc) is 3.83. The highest BCUT2D eigenvalue weighted by Gasteiger charge is 2.24. The molecule has 0 atom stereocenters. The normalized spacial score (nSPS) is 11.7. The molecule has 0 radical (unpaired) electrons. The molecule has 0 bridgehead atoms. The van der Waals surface area contributed by atoms with E-state index >= 15 is 0 Å². The summed E-state index contributed by atoms with van der Waals surface area (Å²) in [5.74, 6) is 0.842. The van der Waals surface area contributed by atoms with Crippen molar-refractivity contribution in [3.8, 4) is 55.8 Å². The molecule has 0 saturated carbocycles. The maximum Gasteiger partial charge on any atom is 0.178 e. The molecule has 0 N–H and O–H groups in total. The molecule has 0 aliphatic heterocycles. The molecule has 2 nitrogen and oxygen atoms in total. The number of furan rings is 2. The van der Waals surface area contributed by atoms with Gasteiger partial charge in [0.05, 0.1) is 0 Å². The van der Waals surface area contributed by atoms with Gasteiger partial charge in [0.15, 0.2) is 11.2 Å². The van der Waals surface area contributed by atoms with E-state index in [-0.39, 0.29) is 0 Å². The van der Waals surface area contributed by atoms with Gasteiger partial charge in [0.1, 0.15) is 11.3 Å².